The summed E-state index contributed by atoms with van der Waals surface area (Å²) in [6, 6.07) is 4.07. The number of ether oxygens (including phenoxy) is 3. The van der Waals surface area contributed by atoms with Crippen molar-refractivity contribution in [3.05, 3.63) is 17.7 Å². The van der Waals surface area contributed by atoms with E-state index in [2.05, 4.69) is 11.9 Å². The molecule has 2 N–H and O–H groups in total. The van der Waals surface area contributed by atoms with Crippen LogP contribution in [0.25, 0.3) is 0 Å². The zero-order valence-electron chi connectivity index (χ0n) is 12.0. The fourth-order valence-corrected chi connectivity index (χ4v) is 2.73. The highest BCUT2D eigenvalue weighted by Gasteiger charge is 2.33. The van der Waals surface area contributed by atoms with Gasteiger partial charge in [-0.1, -0.05) is 0 Å². The largest absolute Gasteiger partial charge is 0.496 e. The molecule has 2 unspecified atom stereocenters. The summed E-state index contributed by atoms with van der Waals surface area (Å²) >= 11 is 0. The highest BCUT2D eigenvalue weighted by molar-refractivity contribution is 5.52. The molecule has 5 nitrogen and oxygen atoms in total. The number of likely N-dealkylation sites (N-methyl/N-ethyl adjacent to an activating group) is 1. The summed E-state index contributed by atoms with van der Waals surface area (Å²) in [6.45, 7) is 0.989. The Labute approximate surface area is 114 Å². The second-order valence-electron chi connectivity index (χ2n) is 4.83. The van der Waals surface area contributed by atoms with E-state index in [1.165, 1.54) is 0 Å². The van der Waals surface area contributed by atoms with E-state index in [-0.39, 0.29) is 12.1 Å². The van der Waals surface area contributed by atoms with Crippen LogP contribution in [-0.2, 0) is 0 Å². The van der Waals surface area contributed by atoms with Crippen LogP contribution in [0.15, 0.2) is 12.1 Å². The molecule has 2 rings (SSSR count). The van der Waals surface area contributed by atoms with Gasteiger partial charge in [0.1, 0.15) is 5.75 Å². The van der Waals surface area contributed by atoms with Crippen molar-refractivity contribution >= 4 is 0 Å². The lowest BCUT2D eigenvalue weighted by Crippen LogP contribution is -2.29. The first kappa shape index (κ1) is 14.0. The van der Waals surface area contributed by atoms with Crippen LogP contribution in [0.5, 0.6) is 17.2 Å². The maximum atomic E-state index is 6.22. The molecular weight excluding hydrogens is 244 g/mol. The van der Waals surface area contributed by atoms with Crippen LogP contribution in [0.1, 0.15) is 18.0 Å². The van der Waals surface area contributed by atoms with Crippen molar-refractivity contribution in [3.63, 3.8) is 0 Å². The minimum atomic E-state index is 0.108. The van der Waals surface area contributed by atoms with Gasteiger partial charge in [-0.15, -0.1) is 0 Å². The molecule has 1 aliphatic heterocycles. The Morgan fingerprint density at radius 2 is 1.63 bits per heavy atom. The first-order valence-corrected chi connectivity index (χ1v) is 6.38. The van der Waals surface area contributed by atoms with Crippen molar-refractivity contribution in [2.75, 3.05) is 34.9 Å². The zero-order valence-corrected chi connectivity index (χ0v) is 12.0. The van der Waals surface area contributed by atoms with Gasteiger partial charge in [0.05, 0.1) is 27.4 Å². The lowest BCUT2D eigenvalue weighted by molar-refractivity contribution is 0.289. The molecule has 0 aromatic heterocycles. The third-order valence-corrected chi connectivity index (χ3v) is 3.75. The first-order valence-electron chi connectivity index (χ1n) is 6.38. The first-order chi connectivity index (χ1) is 9.12. The van der Waals surface area contributed by atoms with E-state index in [1.807, 2.05) is 12.1 Å². The topological polar surface area (TPSA) is 57.0 Å². The van der Waals surface area contributed by atoms with Gasteiger partial charge in [0.25, 0.3) is 0 Å². The lowest BCUT2D eigenvalue weighted by Gasteiger charge is -2.26. The molecule has 0 amide bonds. The predicted octanol–water partition coefficient (Wildman–Crippen LogP) is 1.42. The normalized spacial score (nSPS) is 23.4. The van der Waals surface area contributed by atoms with E-state index in [0.29, 0.717) is 11.5 Å². The molecule has 0 spiro atoms. The van der Waals surface area contributed by atoms with E-state index in [1.54, 1.807) is 21.3 Å². The third kappa shape index (κ3) is 2.48. The lowest BCUT2D eigenvalue weighted by atomic mass is 9.99. The molecule has 1 saturated heterocycles. The van der Waals surface area contributed by atoms with Crippen molar-refractivity contribution in [3.8, 4) is 17.2 Å². The van der Waals surface area contributed by atoms with Crippen LogP contribution in [0, 0.1) is 0 Å². The molecule has 0 radical (unpaired) electrons. The summed E-state index contributed by atoms with van der Waals surface area (Å²) in [4.78, 5) is 2.24. The van der Waals surface area contributed by atoms with Crippen molar-refractivity contribution in [1.29, 1.82) is 0 Å². The summed E-state index contributed by atoms with van der Waals surface area (Å²) in [5.74, 6) is 2.15. The van der Waals surface area contributed by atoms with E-state index >= 15 is 0 Å². The molecule has 5 heteroatoms. The Morgan fingerprint density at radius 3 is 2.11 bits per heavy atom. The van der Waals surface area contributed by atoms with Gasteiger partial charge >= 0.3 is 0 Å². The average molecular weight is 266 g/mol. The molecule has 0 saturated carbocycles. The Morgan fingerprint density at radius 1 is 1.05 bits per heavy atom. The van der Waals surface area contributed by atoms with Gasteiger partial charge in [0, 0.05) is 24.2 Å². The van der Waals surface area contributed by atoms with E-state index in [0.717, 1.165) is 24.3 Å². The van der Waals surface area contributed by atoms with Crippen molar-refractivity contribution < 1.29 is 14.2 Å². The molecule has 1 aromatic carbocycles. The number of likely N-dealkylation sites (tertiary alicyclic amines) is 1. The predicted molar refractivity (Wildman–Crippen MR) is 74.1 cm³/mol. The summed E-state index contributed by atoms with van der Waals surface area (Å²) in [6.07, 6.45) is 0.985. The Balaban J connectivity index is 2.49. The number of hydrogen-bond donors (Lipinski definition) is 1. The van der Waals surface area contributed by atoms with Crippen molar-refractivity contribution in [2.24, 2.45) is 5.73 Å². The van der Waals surface area contributed by atoms with Crippen LogP contribution in [0.4, 0.5) is 0 Å². The number of nitrogens with two attached hydrogens (primary N) is 1. The quantitative estimate of drug-likeness (QED) is 0.893. The Hall–Kier alpha value is -1.46. The molecule has 2 atom stereocenters. The molecule has 0 bridgehead atoms. The van der Waals surface area contributed by atoms with Gasteiger partial charge in [-0.2, -0.15) is 0 Å². The number of benzene rings is 1. The van der Waals surface area contributed by atoms with Crippen LogP contribution in [0.2, 0.25) is 0 Å². The van der Waals surface area contributed by atoms with E-state index < -0.39 is 0 Å². The second-order valence-corrected chi connectivity index (χ2v) is 4.83. The minimum absolute atomic E-state index is 0.108. The van der Waals surface area contributed by atoms with Gasteiger partial charge in [-0.05, 0) is 19.5 Å². The fraction of sp³-hybridized carbons (Fsp3) is 0.571. The molecule has 0 aliphatic carbocycles. The molecule has 1 aromatic rings. The average Bonchev–Trinajstić information content (AvgIpc) is 2.76. The highest BCUT2D eigenvalue weighted by Crippen LogP contribution is 2.41. The highest BCUT2D eigenvalue weighted by atomic mass is 16.5. The number of rotatable bonds is 4. The second kappa shape index (κ2) is 5.67. The van der Waals surface area contributed by atoms with Crippen LogP contribution in [-0.4, -0.2) is 45.9 Å². The van der Waals surface area contributed by atoms with Gasteiger partial charge in [-0.3, -0.25) is 4.90 Å². The maximum Gasteiger partial charge on any atom is 0.164 e. The van der Waals surface area contributed by atoms with E-state index in [9.17, 15) is 0 Å². The number of methoxy groups -OCH3 is 3. The van der Waals surface area contributed by atoms with Gasteiger partial charge in [0.15, 0.2) is 11.5 Å². The van der Waals surface area contributed by atoms with Crippen LogP contribution < -0.4 is 19.9 Å². The van der Waals surface area contributed by atoms with Crippen molar-refractivity contribution in [1.82, 2.24) is 4.90 Å². The monoisotopic (exact) mass is 266 g/mol. The molecular formula is C14H22N2O3. The summed E-state index contributed by atoms with van der Waals surface area (Å²) in [7, 11) is 6.98. The third-order valence-electron chi connectivity index (χ3n) is 3.75. The Kier molecular flexibility index (Phi) is 4.17. The standard InChI is InChI=1S/C14H22N2O3/c1-16-6-5-10(15)14(16)9-7-12(18-3)13(19-4)8-11(9)17-2/h7-8,10,14H,5-6,15H2,1-4H3. The Bertz CT molecular complexity index is 441. The SMILES string of the molecule is COc1cc(OC)c(C2C(N)CCN2C)cc1OC. The molecule has 1 aliphatic rings. The summed E-state index contributed by atoms with van der Waals surface area (Å²) in [5.41, 5.74) is 7.27. The smallest absolute Gasteiger partial charge is 0.164 e. The minimum Gasteiger partial charge on any atom is -0.496 e. The van der Waals surface area contributed by atoms with Crippen molar-refractivity contribution in [2.45, 2.75) is 18.5 Å². The number of nitrogens with zero attached hydrogens (tertiary/aromatic N) is 1. The maximum absolute atomic E-state index is 6.22. The van der Waals surface area contributed by atoms with Gasteiger partial charge < -0.3 is 19.9 Å². The van der Waals surface area contributed by atoms with Gasteiger partial charge in [-0.25, -0.2) is 0 Å². The summed E-state index contributed by atoms with van der Waals surface area (Å²) in [5, 5.41) is 0. The molecule has 1 fully saturated rings. The van der Waals surface area contributed by atoms with Crippen LogP contribution >= 0.6 is 0 Å². The number of hydrogen-bond acceptors (Lipinski definition) is 5. The van der Waals surface area contributed by atoms with E-state index in [4.69, 9.17) is 19.9 Å². The molecule has 1 heterocycles. The molecule has 106 valence electrons. The zero-order chi connectivity index (χ0) is 14.0. The van der Waals surface area contributed by atoms with Crippen LogP contribution in [0.3, 0.4) is 0 Å². The fourth-order valence-electron chi connectivity index (χ4n) is 2.73. The summed E-state index contributed by atoms with van der Waals surface area (Å²) < 4.78 is 16.1. The van der Waals surface area contributed by atoms with Gasteiger partial charge in [0.2, 0.25) is 0 Å². The molecule has 19 heavy (non-hydrogen) atoms.